The summed E-state index contributed by atoms with van der Waals surface area (Å²) in [5, 5.41) is 2.19. The fourth-order valence-corrected chi connectivity index (χ4v) is 3.85. The fraction of sp³-hybridized carbons (Fsp3) is 0.583. The molecule has 3 N–H and O–H groups in total. The highest BCUT2D eigenvalue weighted by molar-refractivity contribution is 7.10. The van der Waals surface area contributed by atoms with E-state index >= 15 is 0 Å². The zero-order valence-electron chi connectivity index (χ0n) is 9.24. The average Bonchev–Trinajstić information content (AvgIpc) is 2.94. The van der Waals surface area contributed by atoms with Crippen LogP contribution in [0.3, 0.4) is 0 Å². The summed E-state index contributed by atoms with van der Waals surface area (Å²) in [6, 6.07) is 2.80. The van der Waals surface area contributed by atoms with E-state index in [4.69, 9.17) is 5.73 Å². The van der Waals surface area contributed by atoms with Crippen molar-refractivity contribution in [3.63, 3.8) is 0 Å². The standard InChI is InChI=1S/C12H16N2OS/c13-11(15)7-14-5-3-10-9(4-6-16-10)12(14)8-1-2-8/h4,6,8,12H,1-3,5,7H2,(H2,13,15)/p+1/t12-/m0/s1. The normalized spacial score (nSPS) is 28.8. The van der Waals surface area contributed by atoms with Crippen LogP contribution in [0.25, 0.3) is 0 Å². The van der Waals surface area contributed by atoms with E-state index < -0.39 is 0 Å². The molecule has 1 saturated carbocycles. The summed E-state index contributed by atoms with van der Waals surface area (Å²) in [6.07, 6.45) is 3.75. The van der Waals surface area contributed by atoms with Gasteiger partial charge in [-0.2, -0.15) is 0 Å². The zero-order valence-corrected chi connectivity index (χ0v) is 10.1. The molecule has 1 fully saturated rings. The Morgan fingerprint density at radius 3 is 3.06 bits per heavy atom. The van der Waals surface area contributed by atoms with Gasteiger partial charge in [-0.15, -0.1) is 11.3 Å². The second-order valence-electron chi connectivity index (χ2n) is 4.92. The van der Waals surface area contributed by atoms with E-state index in [1.165, 1.54) is 28.2 Å². The van der Waals surface area contributed by atoms with Crippen molar-refractivity contribution in [1.29, 1.82) is 0 Å². The van der Waals surface area contributed by atoms with Gasteiger partial charge in [0.15, 0.2) is 6.54 Å². The Kier molecular flexibility index (Phi) is 2.48. The lowest BCUT2D eigenvalue weighted by Gasteiger charge is -2.32. The monoisotopic (exact) mass is 237 g/mol. The highest BCUT2D eigenvalue weighted by Crippen LogP contribution is 2.42. The lowest BCUT2D eigenvalue weighted by Crippen LogP contribution is -3.14. The Hall–Kier alpha value is -0.870. The number of primary amides is 1. The van der Waals surface area contributed by atoms with Crippen molar-refractivity contribution in [2.45, 2.75) is 25.3 Å². The second-order valence-corrected chi connectivity index (χ2v) is 5.92. The van der Waals surface area contributed by atoms with Gasteiger partial charge in [-0.3, -0.25) is 4.79 Å². The Bertz CT molecular complexity index is 411. The van der Waals surface area contributed by atoms with Crippen molar-refractivity contribution in [3.8, 4) is 0 Å². The Morgan fingerprint density at radius 2 is 2.38 bits per heavy atom. The third kappa shape index (κ3) is 1.76. The van der Waals surface area contributed by atoms with Crippen molar-refractivity contribution in [3.05, 3.63) is 21.9 Å². The molecule has 2 aliphatic rings. The maximum atomic E-state index is 11.1. The van der Waals surface area contributed by atoms with Crippen LogP contribution in [0.4, 0.5) is 0 Å². The molecule has 1 unspecified atom stereocenters. The molecule has 0 aromatic carbocycles. The van der Waals surface area contributed by atoms with E-state index in [1.54, 1.807) is 0 Å². The smallest absolute Gasteiger partial charge is 0.272 e. The number of hydrogen-bond acceptors (Lipinski definition) is 2. The molecule has 3 rings (SSSR count). The Labute approximate surface area is 99.2 Å². The van der Waals surface area contributed by atoms with Crippen LogP contribution in [0.5, 0.6) is 0 Å². The lowest BCUT2D eigenvalue weighted by atomic mass is 9.96. The number of carbonyl (C=O) groups excluding carboxylic acids is 1. The predicted molar refractivity (Wildman–Crippen MR) is 63.4 cm³/mol. The minimum atomic E-state index is -0.167. The van der Waals surface area contributed by atoms with Crippen molar-refractivity contribution < 1.29 is 9.69 Å². The molecule has 0 saturated heterocycles. The number of thiophene rings is 1. The molecular weight excluding hydrogens is 220 g/mol. The molecule has 0 bridgehead atoms. The van der Waals surface area contributed by atoms with Crippen LogP contribution in [0.15, 0.2) is 11.4 Å². The van der Waals surface area contributed by atoms with E-state index in [1.807, 2.05) is 11.3 Å². The first-order valence-electron chi connectivity index (χ1n) is 5.95. The number of quaternary nitrogens is 1. The fourth-order valence-electron chi connectivity index (χ4n) is 2.92. The summed E-state index contributed by atoms with van der Waals surface area (Å²) in [5.74, 6) is 0.627. The third-order valence-corrected chi connectivity index (χ3v) is 4.72. The van der Waals surface area contributed by atoms with E-state index in [0.29, 0.717) is 12.6 Å². The van der Waals surface area contributed by atoms with Gasteiger partial charge in [-0.1, -0.05) is 0 Å². The summed E-state index contributed by atoms with van der Waals surface area (Å²) in [6.45, 7) is 1.56. The lowest BCUT2D eigenvalue weighted by molar-refractivity contribution is -0.928. The SMILES string of the molecule is NC(=O)C[NH+]1CCc2sccc2[C@@H]1C1CC1. The minimum absolute atomic E-state index is 0.167. The number of nitrogens with one attached hydrogen (secondary N) is 1. The summed E-state index contributed by atoms with van der Waals surface area (Å²) in [5.41, 5.74) is 6.84. The van der Waals surface area contributed by atoms with E-state index in [-0.39, 0.29) is 5.91 Å². The molecule has 16 heavy (non-hydrogen) atoms. The largest absolute Gasteiger partial charge is 0.365 e. The van der Waals surface area contributed by atoms with Crippen LogP contribution in [0.1, 0.15) is 29.3 Å². The van der Waals surface area contributed by atoms with Gasteiger partial charge in [-0.05, 0) is 24.3 Å². The molecule has 1 aromatic rings. The number of nitrogens with two attached hydrogens (primary N) is 1. The Morgan fingerprint density at radius 1 is 1.56 bits per heavy atom. The number of rotatable bonds is 3. The van der Waals surface area contributed by atoms with Crippen molar-refractivity contribution in [2.75, 3.05) is 13.1 Å². The molecule has 1 aliphatic carbocycles. The highest BCUT2D eigenvalue weighted by Gasteiger charge is 2.43. The molecule has 4 heteroatoms. The van der Waals surface area contributed by atoms with Crippen molar-refractivity contribution in [1.82, 2.24) is 0 Å². The first-order valence-corrected chi connectivity index (χ1v) is 6.83. The van der Waals surface area contributed by atoms with Crippen molar-refractivity contribution >= 4 is 17.2 Å². The van der Waals surface area contributed by atoms with Crippen LogP contribution in [-0.2, 0) is 11.2 Å². The first-order chi connectivity index (χ1) is 7.75. The molecule has 0 radical (unpaired) electrons. The summed E-state index contributed by atoms with van der Waals surface area (Å²) in [7, 11) is 0. The average molecular weight is 237 g/mol. The molecule has 1 aromatic heterocycles. The van der Waals surface area contributed by atoms with Gasteiger partial charge in [-0.25, -0.2) is 0 Å². The molecule has 2 heterocycles. The van der Waals surface area contributed by atoms with Crippen LogP contribution in [0.2, 0.25) is 0 Å². The maximum absolute atomic E-state index is 11.1. The minimum Gasteiger partial charge on any atom is -0.365 e. The summed E-state index contributed by atoms with van der Waals surface area (Å²) >= 11 is 1.87. The van der Waals surface area contributed by atoms with Crippen LogP contribution < -0.4 is 10.6 Å². The number of carbonyl (C=O) groups is 1. The van der Waals surface area contributed by atoms with Gasteiger partial charge >= 0.3 is 0 Å². The van der Waals surface area contributed by atoms with Gasteiger partial charge in [0.1, 0.15) is 6.04 Å². The van der Waals surface area contributed by atoms with Crippen LogP contribution in [-0.4, -0.2) is 19.0 Å². The first kappa shape index (κ1) is 10.3. The Balaban J connectivity index is 1.88. The summed E-state index contributed by atoms with van der Waals surface area (Å²) in [4.78, 5) is 14.0. The molecular formula is C12H17N2OS+. The number of hydrogen-bond donors (Lipinski definition) is 2. The molecule has 0 spiro atoms. The summed E-state index contributed by atoms with van der Waals surface area (Å²) < 4.78 is 0. The maximum Gasteiger partial charge on any atom is 0.272 e. The number of fused-ring (bicyclic) bond motifs is 1. The molecule has 1 amide bonds. The molecule has 86 valence electrons. The zero-order chi connectivity index (χ0) is 11.1. The number of amides is 1. The molecule has 3 nitrogen and oxygen atoms in total. The van der Waals surface area contributed by atoms with Gasteiger partial charge in [0, 0.05) is 22.8 Å². The second kappa shape index (κ2) is 3.86. The highest BCUT2D eigenvalue weighted by atomic mass is 32.1. The van der Waals surface area contributed by atoms with Gasteiger partial charge in [0.05, 0.1) is 6.54 Å². The third-order valence-electron chi connectivity index (χ3n) is 3.72. The molecule has 1 aliphatic heterocycles. The van der Waals surface area contributed by atoms with Gasteiger partial charge in [0.2, 0.25) is 0 Å². The van der Waals surface area contributed by atoms with Crippen LogP contribution in [0, 0.1) is 5.92 Å². The van der Waals surface area contributed by atoms with E-state index in [0.717, 1.165) is 18.9 Å². The van der Waals surface area contributed by atoms with E-state index in [9.17, 15) is 4.79 Å². The van der Waals surface area contributed by atoms with E-state index in [2.05, 4.69) is 11.4 Å². The molecule has 2 atom stereocenters. The quantitative estimate of drug-likeness (QED) is 0.771. The topological polar surface area (TPSA) is 47.5 Å². The van der Waals surface area contributed by atoms with Crippen molar-refractivity contribution in [2.24, 2.45) is 11.7 Å². The predicted octanol–water partition coefficient (Wildman–Crippen LogP) is 0.126. The van der Waals surface area contributed by atoms with Gasteiger partial charge in [0.25, 0.3) is 5.91 Å². The van der Waals surface area contributed by atoms with Crippen LogP contribution >= 0.6 is 11.3 Å². The van der Waals surface area contributed by atoms with Gasteiger partial charge < -0.3 is 10.6 Å².